The van der Waals surface area contributed by atoms with Crippen LogP contribution in [0.4, 0.5) is 5.69 Å². The second kappa shape index (κ2) is 6.14. The van der Waals surface area contributed by atoms with E-state index in [4.69, 9.17) is 10.1 Å². The quantitative estimate of drug-likeness (QED) is 0.327. The third kappa shape index (κ3) is 3.75. The molecule has 16 heavy (non-hydrogen) atoms. The Hall–Kier alpha value is -2.42. The van der Waals surface area contributed by atoms with Gasteiger partial charge in [0.2, 0.25) is 0 Å². The van der Waals surface area contributed by atoms with Crippen molar-refractivity contribution in [2.24, 2.45) is 5.16 Å². The number of nitro groups is 1. The van der Waals surface area contributed by atoms with Gasteiger partial charge in [0.15, 0.2) is 0 Å². The summed E-state index contributed by atoms with van der Waals surface area (Å²) in [5.74, 6) is 0. The SMILES string of the molecule is N#CCCO/N=C/c1ccc([N+](=O)[O-])cc1. The number of oxime groups is 1. The first-order valence-electron chi connectivity index (χ1n) is 4.51. The van der Waals surface area contributed by atoms with E-state index in [-0.39, 0.29) is 18.7 Å². The number of nitrogens with zero attached hydrogens (tertiary/aromatic N) is 3. The van der Waals surface area contributed by atoms with Crippen LogP contribution >= 0.6 is 0 Å². The molecule has 0 aliphatic heterocycles. The lowest BCUT2D eigenvalue weighted by Gasteiger charge is -1.94. The van der Waals surface area contributed by atoms with Crippen LogP contribution in [0.1, 0.15) is 12.0 Å². The third-order valence-corrected chi connectivity index (χ3v) is 1.69. The van der Waals surface area contributed by atoms with Crippen molar-refractivity contribution in [3.05, 3.63) is 39.9 Å². The summed E-state index contributed by atoms with van der Waals surface area (Å²) < 4.78 is 0. The summed E-state index contributed by atoms with van der Waals surface area (Å²) in [6.45, 7) is 0.236. The van der Waals surface area contributed by atoms with E-state index in [0.717, 1.165) is 0 Å². The first-order valence-corrected chi connectivity index (χ1v) is 4.51. The molecule has 0 heterocycles. The number of nitriles is 1. The molecule has 1 aromatic rings. The molecule has 0 N–H and O–H groups in total. The topological polar surface area (TPSA) is 88.5 Å². The van der Waals surface area contributed by atoms with Gasteiger partial charge >= 0.3 is 0 Å². The Kier molecular flexibility index (Phi) is 4.47. The van der Waals surface area contributed by atoms with E-state index in [0.29, 0.717) is 5.56 Å². The molecule has 0 spiro atoms. The van der Waals surface area contributed by atoms with Crippen molar-refractivity contribution >= 4 is 11.9 Å². The average molecular weight is 219 g/mol. The van der Waals surface area contributed by atoms with Crippen molar-refractivity contribution < 1.29 is 9.76 Å². The molecule has 0 amide bonds. The van der Waals surface area contributed by atoms with Gasteiger partial charge in [-0.1, -0.05) is 5.16 Å². The zero-order chi connectivity index (χ0) is 11.8. The van der Waals surface area contributed by atoms with E-state index >= 15 is 0 Å². The largest absolute Gasteiger partial charge is 0.395 e. The normalized spacial score (nSPS) is 9.94. The summed E-state index contributed by atoms with van der Waals surface area (Å²) >= 11 is 0. The predicted octanol–water partition coefficient (Wildman–Crippen LogP) is 1.86. The molecule has 6 nitrogen and oxygen atoms in total. The Balaban J connectivity index is 2.49. The first kappa shape index (κ1) is 11.7. The van der Waals surface area contributed by atoms with Crippen molar-refractivity contribution in [2.75, 3.05) is 6.61 Å². The van der Waals surface area contributed by atoms with Crippen LogP contribution in [-0.4, -0.2) is 17.7 Å². The highest BCUT2D eigenvalue weighted by Gasteiger charge is 2.02. The Labute approximate surface area is 91.9 Å². The molecule has 0 aliphatic rings. The van der Waals surface area contributed by atoms with E-state index < -0.39 is 4.92 Å². The lowest BCUT2D eigenvalue weighted by molar-refractivity contribution is -0.384. The monoisotopic (exact) mass is 219 g/mol. The third-order valence-electron chi connectivity index (χ3n) is 1.69. The van der Waals surface area contributed by atoms with Crippen molar-refractivity contribution in [3.8, 4) is 6.07 Å². The summed E-state index contributed by atoms with van der Waals surface area (Å²) in [4.78, 5) is 14.7. The molecular formula is C10H9N3O3. The van der Waals surface area contributed by atoms with Crippen LogP contribution in [0.3, 0.4) is 0 Å². The number of hydrogen-bond acceptors (Lipinski definition) is 5. The van der Waals surface area contributed by atoms with Gasteiger partial charge in [-0.15, -0.1) is 0 Å². The minimum Gasteiger partial charge on any atom is -0.395 e. The minimum absolute atomic E-state index is 0.0301. The fourth-order valence-electron chi connectivity index (χ4n) is 0.924. The Morgan fingerprint density at radius 3 is 2.75 bits per heavy atom. The van der Waals surface area contributed by atoms with Crippen LogP contribution in [0.25, 0.3) is 0 Å². The van der Waals surface area contributed by atoms with Crippen LogP contribution in [0.2, 0.25) is 0 Å². The van der Waals surface area contributed by atoms with E-state index in [1.807, 2.05) is 6.07 Å². The maximum atomic E-state index is 10.4. The van der Waals surface area contributed by atoms with Crippen LogP contribution in [0.15, 0.2) is 29.4 Å². The Bertz CT molecular complexity index is 420. The van der Waals surface area contributed by atoms with Gasteiger partial charge in [-0.3, -0.25) is 10.1 Å². The molecule has 0 aromatic heterocycles. The fraction of sp³-hybridized carbons (Fsp3) is 0.200. The maximum absolute atomic E-state index is 10.4. The molecule has 0 atom stereocenters. The summed E-state index contributed by atoms with van der Waals surface area (Å²) in [5.41, 5.74) is 0.727. The molecule has 0 bridgehead atoms. The van der Waals surface area contributed by atoms with Gasteiger partial charge in [0.25, 0.3) is 5.69 Å². The van der Waals surface area contributed by atoms with Gasteiger partial charge in [0, 0.05) is 12.1 Å². The molecule has 0 aliphatic carbocycles. The van der Waals surface area contributed by atoms with Crippen LogP contribution in [0.5, 0.6) is 0 Å². The molecule has 0 saturated heterocycles. The van der Waals surface area contributed by atoms with Crippen LogP contribution in [-0.2, 0) is 4.84 Å². The first-order chi connectivity index (χ1) is 7.74. The van der Waals surface area contributed by atoms with Crippen molar-refractivity contribution in [1.29, 1.82) is 5.26 Å². The van der Waals surface area contributed by atoms with Gasteiger partial charge < -0.3 is 4.84 Å². The zero-order valence-electron chi connectivity index (χ0n) is 8.37. The summed E-state index contributed by atoms with van der Waals surface area (Å²) in [7, 11) is 0. The van der Waals surface area contributed by atoms with Crippen molar-refractivity contribution in [2.45, 2.75) is 6.42 Å². The molecule has 0 unspecified atom stereocenters. The number of non-ortho nitro benzene ring substituents is 1. The molecule has 82 valence electrons. The molecule has 1 rings (SSSR count). The van der Waals surface area contributed by atoms with E-state index in [2.05, 4.69) is 5.16 Å². The van der Waals surface area contributed by atoms with Gasteiger partial charge in [-0.25, -0.2) is 0 Å². The fourth-order valence-corrected chi connectivity index (χ4v) is 0.924. The number of rotatable bonds is 5. The average Bonchev–Trinajstić information content (AvgIpc) is 2.29. The number of benzene rings is 1. The van der Waals surface area contributed by atoms with Gasteiger partial charge in [-0.05, 0) is 17.7 Å². The van der Waals surface area contributed by atoms with E-state index in [9.17, 15) is 10.1 Å². The van der Waals surface area contributed by atoms with E-state index in [1.54, 1.807) is 12.1 Å². The lowest BCUT2D eigenvalue weighted by atomic mass is 10.2. The highest BCUT2D eigenvalue weighted by molar-refractivity contribution is 5.79. The molecule has 0 radical (unpaired) electrons. The van der Waals surface area contributed by atoms with Crippen molar-refractivity contribution in [3.63, 3.8) is 0 Å². The van der Waals surface area contributed by atoms with Crippen molar-refractivity contribution in [1.82, 2.24) is 0 Å². The molecule has 1 aromatic carbocycles. The highest BCUT2D eigenvalue weighted by atomic mass is 16.6. The summed E-state index contributed by atoms with van der Waals surface area (Å²) in [5, 5.41) is 22.2. The standard InChI is InChI=1S/C10H9N3O3/c11-6-1-7-16-12-8-9-2-4-10(5-3-9)13(14)15/h2-5,8H,1,7H2/b12-8+. The lowest BCUT2D eigenvalue weighted by Crippen LogP contribution is -1.89. The zero-order valence-corrected chi connectivity index (χ0v) is 8.37. The van der Waals surface area contributed by atoms with Gasteiger partial charge in [0.05, 0.1) is 23.6 Å². The van der Waals surface area contributed by atoms with E-state index in [1.165, 1.54) is 18.3 Å². The summed E-state index contributed by atoms with van der Waals surface area (Å²) in [6, 6.07) is 7.81. The maximum Gasteiger partial charge on any atom is 0.269 e. The molecular weight excluding hydrogens is 210 g/mol. The molecule has 6 heteroatoms. The minimum atomic E-state index is -0.468. The van der Waals surface area contributed by atoms with Crippen LogP contribution < -0.4 is 0 Å². The highest BCUT2D eigenvalue weighted by Crippen LogP contribution is 2.10. The summed E-state index contributed by atoms with van der Waals surface area (Å²) in [6.07, 6.45) is 1.71. The smallest absolute Gasteiger partial charge is 0.269 e. The second-order valence-corrected chi connectivity index (χ2v) is 2.82. The Morgan fingerprint density at radius 1 is 1.50 bits per heavy atom. The molecule has 0 fully saturated rings. The number of hydrogen-bond donors (Lipinski definition) is 0. The predicted molar refractivity (Wildman–Crippen MR) is 56.9 cm³/mol. The number of nitro benzene ring substituents is 1. The van der Waals surface area contributed by atoms with Gasteiger partial charge in [0.1, 0.15) is 6.61 Å². The second-order valence-electron chi connectivity index (χ2n) is 2.82. The Morgan fingerprint density at radius 2 is 2.19 bits per heavy atom. The van der Waals surface area contributed by atoms with Crippen LogP contribution in [0, 0.1) is 21.4 Å². The molecule has 0 saturated carbocycles. The van der Waals surface area contributed by atoms with Gasteiger partial charge in [-0.2, -0.15) is 5.26 Å².